The van der Waals surface area contributed by atoms with Gasteiger partial charge in [-0.05, 0) is 73.2 Å². The molecule has 1 saturated carbocycles. The van der Waals surface area contributed by atoms with Crippen LogP contribution >= 0.6 is 0 Å². The van der Waals surface area contributed by atoms with Crippen LogP contribution in [0.2, 0.25) is 0 Å². The van der Waals surface area contributed by atoms with Crippen molar-refractivity contribution in [3.05, 3.63) is 76.0 Å². The fraction of sp³-hybridized carbons (Fsp3) is 0.387. The zero-order chi connectivity index (χ0) is 28.2. The van der Waals surface area contributed by atoms with Crippen LogP contribution in [0.4, 0.5) is 5.69 Å². The van der Waals surface area contributed by atoms with Crippen LogP contribution in [0.15, 0.2) is 59.3 Å². The molecule has 8 nitrogen and oxygen atoms in total. The third-order valence-corrected chi connectivity index (χ3v) is 6.99. The van der Waals surface area contributed by atoms with Crippen LogP contribution < -0.4 is 21.7 Å². The van der Waals surface area contributed by atoms with Gasteiger partial charge in [0.1, 0.15) is 6.29 Å². The Bertz CT molecular complexity index is 1230. The van der Waals surface area contributed by atoms with Crippen molar-refractivity contribution in [1.29, 1.82) is 5.41 Å². The van der Waals surface area contributed by atoms with Crippen LogP contribution in [0.5, 0.6) is 0 Å². The highest BCUT2D eigenvalue weighted by Crippen LogP contribution is 2.32. The molecule has 0 unspecified atom stereocenters. The number of ether oxygens (including phenoxy) is 1. The first kappa shape index (κ1) is 29.8. The van der Waals surface area contributed by atoms with E-state index in [1.807, 2.05) is 63.4 Å². The standard InChI is InChI=1S/C31H41N5O3/c1-21(13-22(2)34-3)26(19-37)18-35-31(38)28-15-25(24-8-6-7-23(14-24)20-39-12-11-32)16-30(29(28)17-33)36-27-9-4-5-10-27/h6-8,13-17,19,27,33-34,36H,4-5,9-12,18,20,32H2,1-3H3,(H,35,38)/b22-13-,26-21-,33-17?. The molecule has 208 valence electrons. The molecule has 1 aliphatic rings. The molecule has 0 saturated heterocycles. The summed E-state index contributed by atoms with van der Waals surface area (Å²) in [6.45, 7) is 5.23. The predicted molar refractivity (Wildman–Crippen MR) is 158 cm³/mol. The Morgan fingerprint density at radius 2 is 1.92 bits per heavy atom. The number of allylic oxidation sites excluding steroid dienone is 3. The van der Waals surface area contributed by atoms with E-state index in [9.17, 15) is 9.59 Å². The molecule has 3 rings (SSSR count). The minimum atomic E-state index is -0.339. The number of hydrogen-bond donors (Lipinski definition) is 5. The second kappa shape index (κ2) is 15.0. The molecule has 1 aliphatic carbocycles. The van der Waals surface area contributed by atoms with E-state index < -0.39 is 0 Å². The lowest BCUT2D eigenvalue weighted by atomic mass is 9.95. The molecular formula is C31H41N5O3. The Hall–Kier alpha value is -3.75. The van der Waals surface area contributed by atoms with Gasteiger partial charge in [0.25, 0.3) is 5.91 Å². The van der Waals surface area contributed by atoms with Gasteiger partial charge in [-0.3, -0.25) is 9.59 Å². The Labute approximate surface area is 231 Å². The molecule has 0 heterocycles. The number of aldehydes is 1. The molecular weight excluding hydrogens is 490 g/mol. The predicted octanol–water partition coefficient (Wildman–Crippen LogP) is 4.55. The van der Waals surface area contributed by atoms with Gasteiger partial charge in [-0.25, -0.2) is 0 Å². The monoisotopic (exact) mass is 531 g/mol. The number of carbonyl (C=O) groups excluding carboxylic acids is 2. The third kappa shape index (κ3) is 8.37. The van der Waals surface area contributed by atoms with Crippen molar-refractivity contribution in [2.75, 3.05) is 32.1 Å². The summed E-state index contributed by atoms with van der Waals surface area (Å²) < 4.78 is 5.61. The summed E-state index contributed by atoms with van der Waals surface area (Å²) in [6.07, 6.45) is 8.32. The van der Waals surface area contributed by atoms with Crippen molar-refractivity contribution >= 4 is 24.1 Å². The quantitative estimate of drug-likeness (QED) is 0.0800. The van der Waals surface area contributed by atoms with Crippen molar-refractivity contribution < 1.29 is 14.3 Å². The Balaban J connectivity index is 1.98. The highest BCUT2D eigenvalue weighted by Gasteiger charge is 2.21. The topological polar surface area (TPSA) is 129 Å². The van der Waals surface area contributed by atoms with Gasteiger partial charge in [-0.2, -0.15) is 0 Å². The van der Waals surface area contributed by atoms with E-state index in [0.717, 1.165) is 65.6 Å². The lowest BCUT2D eigenvalue weighted by Crippen LogP contribution is -2.28. The van der Waals surface area contributed by atoms with Crippen molar-refractivity contribution in [3.8, 4) is 11.1 Å². The van der Waals surface area contributed by atoms with Crippen molar-refractivity contribution in [2.45, 2.75) is 52.2 Å². The average molecular weight is 532 g/mol. The highest BCUT2D eigenvalue weighted by molar-refractivity contribution is 6.06. The van der Waals surface area contributed by atoms with Crippen LogP contribution in [0, 0.1) is 5.41 Å². The van der Waals surface area contributed by atoms with Crippen molar-refractivity contribution in [3.63, 3.8) is 0 Å². The average Bonchev–Trinajstić information content (AvgIpc) is 3.46. The van der Waals surface area contributed by atoms with Gasteiger partial charge in [-0.15, -0.1) is 0 Å². The van der Waals surface area contributed by atoms with E-state index in [1.54, 1.807) is 0 Å². The van der Waals surface area contributed by atoms with Gasteiger partial charge in [0.05, 0.1) is 18.8 Å². The third-order valence-electron chi connectivity index (χ3n) is 6.99. The van der Waals surface area contributed by atoms with E-state index in [1.165, 1.54) is 6.21 Å². The summed E-state index contributed by atoms with van der Waals surface area (Å²) in [6, 6.07) is 12.1. The lowest BCUT2D eigenvalue weighted by molar-refractivity contribution is -0.105. The molecule has 0 bridgehead atoms. The lowest BCUT2D eigenvalue weighted by Gasteiger charge is -2.20. The molecule has 0 radical (unpaired) electrons. The largest absolute Gasteiger partial charge is 0.392 e. The molecule has 1 amide bonds. The van der Waals surface area contributed by atoms with Crippen molar-refractivity contribution in [2.24, 2.45) is 5.73 Å². The maximum Gasteiger partial charge on any atom is 0.252 e. The zero-order valence-corrected chi connectivity index (χ0v) is 23.2. The Kier molecular flexibility index (Phi) is 11.5. The summed E-state index contributed by atoms with van der Waals surface area (Å²) >= 11 is 0. The van der Waals surface area contributed by atoms with E-state index >= 15 is 0 Å². The van der Waals surface area contributed by atoms with Gasteiger partial charge in [0.2, 0.25) is 0 Å². The fourth-order valence-corrected chi connectivity index (χ4v) is 4.72. The second-order valence-corrected chi connectivity index (χ2v) is 9.88. The number of nitrogens with two attached hydrogens (primary N) is 1. The molecule has 0 aromatic heterocycles. The number of amides is 1. The van der Waals surface area contributed by atoms with Crippen LogP contribution in [0.25, 0.3) is 11.1 Å². The molecule has 6 N–H and O–H groups in total. The first-order valence-corrected chi connectivity index (χ1v) is 13.5. The highest BCUT2D eigenvalue weighted by atomic mass is 16.5. The second-order valence-electron chi connectivity index (χ2n) is 9.88. The summed E-state index contributed by atoms with van der Waals surface area (Å²) in [4.78, 5) is 25.3. The fourth-order valence-electron chi connectivity index (χ4n) is 4.72. The summed E-state index contributed by atoms with van der Waals surface area (Å²) in [7, 11) is 1.81. The molecule has 8 heteroatoms. The van der Waals surface area contributed by atoms with Crippen LogP contribution in [0.3, 0.4) is 0 Å². The van der Waals surface area contributed by atoms with Gasteiger partial charge >= 0.3 is 0 Å². The smallest absolute Gasteiger partial charge is 0.252 e. The van der Waals surface area contributed by atoms with E-state index in [2.05, 4.69) is 16.0 Å². The molecule has 2 aromatic carbocycles. The number of hydrogen-bond acceptors (Lipinski definition) is 7. The zero-order valence-electron chi connectivity index (χ0n) is 23.2. The minimum Gasteiger partial charge on any atom is -0.392 e. The minimum absolute atomic E-state index is 0.0860. The molecule has 1 fully saturated rings. The van der Waals surface area contributed by atoms with Crippen LogP contribution in [-0.4, -0.2) is 51.2 Å². The van der Waals surface area contributed by atoms with Crippen molar-refractivity contribution in [1.82, 2.24) is 10.6 Å². The number of anilines is 1. The summed E-state index contributed by atoms with van der Waals surface area (Å²) in [5, 5.41) is 17.7. The number of benzene rings is 2. The van der Waals surface area contributed by atoms with E-state index in [4.69, 9.17) is 15.9 Å². The first-order valence-electron chi connectivity index (χ1n) is 13.5. The summed E-state index contributed by atoms with van der Waals surface area (Å²) in [5.41, 5.74) is 12.2. The number of rotatable bonds is 14. The van der Waals surface area contributed by atoms with Gasteiger partial charge < -0.3 is 31.8 Å². The summed E-state index contributed by atoms with van der Waals surface area (Å²) in [5.74, 6) is -0.339. The number of nitrogens with one attached hydrogen (secondary N) is 4. The normalized spacial score (nSPS) is 14.5. The molecule has 0 aliphatic heterocycles. The Morgan fingerprint density at radius 3 is 2.59 bits per heavy atom. The first-order chi connectivity index (χ1) is 18.9. The molecule has 0 atom stereocenters. The van der Waals surface area contributed by atoms with Crippen LogP contribution in [0.1, 0.15) is 61.0 Å². The molecule has 39 heavy (non-hydrogen) atoms. The molecule has 0 spiro atoms. The van der Waals surface area contributed by atoms with E-state index in [-0.39, 0.29) is 12.5 Å². The SMILES string of the molecule is CN/C(C)=C\C(C)=C(/C=O)CNC(=O)c1cc(-c2cccc(COCCN)c2)cc(NC2CCCC2)c1C=N. The van der Waals surface area contributed by atoms with Gasteiger partial charge in [0.15, 0.2) is 0 Å². The maximum atomic E-state index is 13.5. The maximum absolute atomic E-state index is 13.5. The molecule has 2 aromatic rings. The van der Waals surface area contributed by atoms with E-state index in [0.29, 0.717) is 42.5 Å². The number of carbonyl (C=O) groups is 2. The van der Waals surface area contributed by atoms with Gasteiger partial charge in [0, 0.05) is 54.9 Å². The Morgan fingerprint density at radius 1 is 1.15 bits per heavy atom. The van der Waals surface area contributed by atoms with Gasteiger partial charge in [-0.1, -0.05) is 31.0 Å². The van der Waals surface area contributed by atoms with Crippen LogP contribution in [-0.2, 0) is 16.1 Å².